The molecular formula is C23H25N3O4S. The number of fused-ring (bicyclic) bond motifs is 2. The molecule has 1 N–H and O–H groups in total. The number of carbonyl (C=O) groups excluding carboxylic acids is 1. The highest BCUT2D eigenvalue weighted by Crippen LogP contribution is 2.37. The molecule has 1 spiro atoms. The second kappa shape index (κ2) is 7.47. The first-order chi connectivity index (χ1) is 14.8. The van der Waals surface area contributed by atoms with Gasteiger partial charge in [-0.3, -0.25) is 4.79 Å². The zero-order valence-corrected chi connectivity index (χ0v) is 18.2. The first kappa shape index (κ1) is 20.2. The summed E-state index contributed by atoms with van der Waals surface area (Å²) in [6, 6.07) is 15.5. The summed E-state index contributed by atoms with van der Waals surface area (Å²) in [5, 5.41) is 0.895. The number of amides is 1. The van der Waals surface area contributed by atoms with Crippen molar-refractivity contribution >= 4 is 27.2 Å². The van der Waals surface area contributed by atoms with E-state index in [0.717, 1.165) is 22.2 Å². The molecule has 1 aromatic heterocycles. The Kier molecular flexibility index (Phi) is 4.88. The van der Waals surface area contributed by atoms with Gasteiger partial charge in [0, 0.05) is 55.1 Å². The number of aromatic amines is 1. The molecule has 5 rings (SSSR count). The normalized spacial score (nSPS) is 20.6. The van der Waals surface area contributed by atoms with Gasteiger partial charge in [-0.2, -0.15) is 0 Å². The Morgan fingerprint density at radius 3 is 2.61 bits per heavy atom. The third kappa shape index (κ3) is 3.75. The maximum absolute atomic E-state index is 13.6. The van der Waals surface area contributed by atoms with Gasteiger partial charge in [0.25, 0.3) is 5.91 Å². The van der Waals surface area contributed by atoms with E-state index in [1.165, 1.54) is 10.6 Å². The lowest BCUT2D eigenvalue weighted by Crippen LogP contribution is -2.55. The van der Waals surface area contributed by atoms with Crippen LogP contribution in [-0.2, 0) is 21.2 Å². The van der Waals surface area contributed by atoms with Crippen molar-refractivity contribution in [2.45, 2.75) is 25.0 Å². The fourth-order valence-electron chi connectivity index (χ4n) is 4.66. The molecule has 7 nitrogen and oxygen atoms in total. The second-order valence-corrected chi connectivity index (χ2v) is 10.4. The largest absolute Gasteiger partial charge is 0.598 e. The molecule has 2 aromatic carbocycles. The van der Waals surface area contributed by atoms with Gasteiger partial charge in [-0.15, -0.1) is 4.31 Å². The third-order valence-electron chi connectivity index (χ3n) is 6.35. The van der Waals surface area contributed by atoms with E-state index in [4.69, 9.17) is 4.74 Å². The summed E-state index contributed by atoms with van der Waals surface area (Å²) in [6.45, 7) is 1.63. The number of ether oxygens (including phenoxy) is 1. The standard InChI is InChI=1S/C23H25N3O4S/c1-31(28,29)26-12-10-23(11-13-26)16-25(15-17-6-2-5-9-21(17)30-23)22(27)19-14-24-20-8-4-3-7-18(19)20/h2-9,14H,10-13,15-16H2,1H3,(H-,24,27,28,29). The van der Waals surface area contributed by atoms with E-state index in [1.54, 1.807) is 6.20 Å². The number of hydrogen-bond acceptors (Lipinski definition) is 4. The number of nitrogens with one attached hydrogen (secondary N) is 1. The van der Waals surface area contributed by atoms with Gasteiger partial charge in [-0.1, -0.05) is 40.6 Å². The van der Waals surface area contributed by atoms with Crippen LogP contribution in [0.4, 0.5) is 0 Å². The van der Waals surface area contributed by atoms with Gasteiger partial charge in [0.15, 0.2) is 0 Å². The molecule has 0 bridgehead atoms. The summed E-state index contributed by atoms with van der Waals surface area (Å²) in [5.74, 6) is 0.715. The Morgan fingerprint density at radius 2 is 1.84 bits per heavy atom. The molecule has 1 fully saturated rings. The molecule has 0 radical (unpaired) electrons. The number of nitrogens with zero attached hydrogens (tertiary/aromatic N) is 2. The van der Waals surface area contributed by atoms with Gasteiger partial charge < -0.3 is 19.2 Å². The highest BCUT2D eigenvalue weighted by atomic mass is 32.3. The van der Waals surface area contributed by atoms with Crippen molar-refractivity contribution in [2.24, 2.45) is 0 Å². The maximum atomic E-state index is 13.6. The molecule has 3 aromatic rings. The van der Waals surface area contributed by atoms with Crippen LogP contribution in [0.15, 0.2) is 54.7 Å². The number of sulfonamides is 1. The lowest BCUT2D eigenvalue weighted by atomic mass is 9.91. The predicted molar refractivity (Wildman–Crippen MR) is 118 cm³/mol. The van der Waals surface area contributed by atoms with Crippen LogP contribution < -0.4 is 4.74 Å². The van der Waals surface area contributed by atoms with E-state index in [0.29, 0.717) is 44.6 Å². The van der Waals surface area contributed by atoms with Crippen molar-refractivity contribution in [2.75, 3.05) is 25.9 Å². The Hall–Kier alpha value is -2.68. The molecule has 31 heavy (non-hydrogen) atoms. The lowest BCUT2D eigenvalue weighted by Gasteiger charge is -2.42. The molecule has 1 amide bonds. The molecule has 3 heterocycles. The van der Waals surface area contributed by atoms with Crippen molar-refractivity contribution in [3.63, 3.8) is 0 Å². The van der Waals surface area contributed by atoms with E-state index >= 15 is 0 Å². The Labute approximate surface area is 182 Å². The van der Waals surface area contributed by atoms with Crippen molar-refractivity contribution in [3.05, 3.63) is 65.9 Å². The highest BCUT2D eigenvalue weighted by molar-refractivity contribution is 7.94. The molecule has 1 unspecified atom stereocenters. The third-order valence-corrected chi connectivity index (χ3v) is 7.65. The number of benzene rings is 2. The van der Waals surface area contributed by atoms with E-state index < -0.39 is 16.0 Å². The number of rotatable bonds is 2. The molecular weight excluding hydrogens is 414 g/mol. The Morgan fingerprint density at radius 1 is 1.13 bits per heavy atom. The molecule has 0 aliphatic carbocycles. The molecule has 0 saturated carbocycles. The van der Waals surface area contributed by atoms with E-state index in [1.807, 2.05) is 53.4 Å². The van der Waals surface area contributed by atoms with Crippen molar-refractivity contribution in [1.82, 2.24) is 14.2 Å². The van der Waals surface area contributed by atoms with Crippen molar-refractivity contribution < 1.29 is 18.3 Å². The van der Waals surface area contributed by atoms with Crippen LogP contribution in [-0.4, -0.2) is 56.1 Å². The van der Waals surface area contributed by atoms with Gasteiger partial charge >= 0.3 is 0 Å². The van der Waals surface area contributed by atoms with Crippen LogP contribution in [0.3, 0.4) is 0 Å². The fourth-order valence-corrected chi connectivity index (χ4v) is 5.50. The van der Waals surface area contributed by atoms with E-state index in [2.05, 4.69) is 4.98 Å². The summed E-state index contributed by atoms with van der Waals surface area (Å²) in [5.41, 5.74) is 1.90. The van der Waals surface area contributed by atoms with Gasteiger partial charge in [0.05, 0.1) is 12.1 Å². The summed E-state index contributed by atoms with van der Waals surface area (Å²) < 4.78 is 32.0. The van der Waals surface area contributed by atoms with Crippen LogP contribution in [0.5, 0.6) is 5.75 Å². The SMILES string of the molecule is C[S+](=O)([O-])N1CCC2(CC1)CN(C(=O)c1c[nH]c3ccccc13)Cc1ccccc1O2. The summed E-state index contributed by atoms with van der Waals surface area (Å²) >= 11 is 0. The van der Waals surface area contributed by atoms with Crippen molar-refractivity contribution in [1.29, 1.82) is 0 Å². The number of carbonyl (C=O) groups is 1. The van der Waals surface area contributed by atoms with Gasteiger partial charge in [-0.05, 0) is 12.1 Å². The first-order valence-corrected chi connectivity index (χ1v) is 12.3. The zero-order chi connectivity index (χ0) is 21.6. The molecule has 8 heteroatoms. The van der Waals surface area contributed by atoms with Crippen LogP contribution in [0.1, 0.15) is 28.8 Å². The van der Waals surface area contributed by atoms with Crippen LogP contribution in [0, 0.1) is 0 Å². The number of aromatic nitrogens is 1. The lowest BCUT2D eigenvalue weighted by molar-refractivity contribution is -0.00219. The Balaban J connectivity index is 1.49. The fraction of sp³-hybridized carbons (Fsp3) is 0.348. The van der Waals surface area contributed by atoms with E-state index in [-0.39, 0.29) is 5.91 Å². The van der Waals surface area contributed by atoms with Gasteiger partial charge in [0.1, 0.15) is 28.0 Å². The minimum absolute atomic E-state index is 0.0531. The molecule has 1 saturated heterocycles. The predicted octanol–water partition coefficient (Wildman–Crippen LogP) is 3.21. The van der Waals surface area contributed by atoms with Crippen molar-refractivity contribution in [3.8, 4) is 5.75 Å². The van der Waals surface area contributed by atoms with Gasteiger partial charge in [-0.25, -0.2) is 0 Å². The molecule has 2 aliphatic rings. The van der Waals surface area contributed by atoms with Gasteiger partial charge in [0.2, 0.25) is 0 Å². The first-order valence-electron chi connectivity index (χ1n) is 10.4. The Bertz CT molecular complexity index is 1180. The zero-order valence-electron chi connectivity index (χ0n) is 17.4. The minimum Gasteiger partial charge on any atom is -0.598 e. The summed E-state index contributed by atoms with van der Waals surface area (Å²) in [6.07, 6.45) is 4.07. The van der Waals surface area contributed by atoms with E-state index in [9.17, 15) is 13.6 Å². The second-order valence-electron chi connectivity index (χ2n) is 8.46. The quantitative estimate of drug-likeness (QED) is 0.621. The van der Waals surface area contributed by atoms with Crippen LogP contribution >= 0.6 is 0 Å². The number of hydrogen-bond donors (Lipinski definition) is 1. The smallest absolute Gasteiger partial charge is 0.256 e. The van der Waals surface area contributed by atoms with Crippen LogP contribution in [0.25, 0.3) is 10.9 Å². The topological polar surface area (TPSA) is 88.7 Å². The minimum atomic E-state index is -3.25. The molecule has 1 atom stereocenters. The number of para-hydroxylation sites is 2. The summed E-state index contributed by atoms with van der Waals surface area (Å²) in [7, 11) is -3.25. The number of H-pyrrole nitrogens is 1. The average molecular weight is 440 g/mol. The molecule has 162 valence electrons. The monoisotopic (exact) mass is 439 g/mol. The maximum Gasteiger partial charge on any atom is 0.256 e. The highest BCUT2D eigenvalue weighted by Gasteiger charge is 2.44. The molecule has 2 aliphatic heterocycles. The average Bonchev–Trinajstić information content (AvgIpc) is 3.11. The summed E-state index contributed by atoms with van der Waals surface area (Å²) in [4.78, 5) is 18.7. The number of piperidine rings is 1. The van der Waals surface area contributed by atoms with Crippen LogP contribution in [0.2, 0.25) is 0 Å².